The first-order valence-electron chi connectivity index (χ1n) is 7.53. The van der Waals surface area contributed by atoms with Crippen molar-refractivity contribution in [2.45, 2.75) is 6.42 Å². The first-order valence-corrected chi connectivity index (χ1v) is 7.91. The normalized spacial score (nSPS) is 13.1. The fraction of sp³-hybridized carbons (Fsp3) is 0.167. The Hall–Kier alpha value is -2.66. The number of nitrogens with one attached hydrogen (secondary N) is 1. The maximum absolute atomic E-state index is 12.3. The summed E-state index contributed by atoms with van der Waals surface area (Å²) >= 11 is 6.00. The summed E-state index contributed by atoms with van der Waals surface area (Å²) < 4.78 is 0. The summed E-state index contributed by atoms with van der Waals surface area (Å²) in [5.74, 6) is -0.955. The smallest absolute Gasteiger partial charge is 0.263 e. The Bertz CT molecular complexity index is 805. The largest absolute Gasteiger partial charge is 0.354 e. The molecule has 0 saturated carbocycles. The van der Waals surface area contributed by atoms with E-state index in [2.05, 4.69) is 5.32 Å². The molecule has 3 amide bonds. The van der Waals surface area contributed by atoms with Crippen molar-refractivity contribution in [1.82, 2.24) is 10.2 Å². The van der Waals surface area contributed by atoms with Crippen molar-refractivity contribution >= 4 is 29.3 Å². The van der Waals surface area contributed by atoms with Crippen molar-refractivity contribution in [3.63, 3.8) is 0 Å². The molecule has 0 bridgehead atoms. The van der Waals surface area contributed by atoms with Crippen LogP contribution in [0.2, 0.25) is 5.02 Å². The van der Waals surface area contributed by atoms with Crippen LogP contribution >= 0.6 is 11.6 Å². The summed E-state index contributed by atoms with van der Waals surface area (Å²) in [5, 5.41) is 2.99. The Morgan fingerprint density at radius 2 is 1.75 bits per heavy atom. The van der Waals surface area contributed by atoms with Crippen molar-refractivity contribution in [3.05, 3.63) is 70.2 Å². The third kappa shape index (κ3) is 3.16. The highest BCUT2D eigenvalue weighted by Gasteiger charge is 2.36. The van der Waals surface area contributed by atoms with Crippen molar-refractivity contribution < 1.29 is 14.4 Å². The van der Waals surface area contributed by atoms with Crippen LogP contribution < -0.4 is 5.32 Å². The van der Waals surface area contributed by atoms with Gasteiger partial charge in [-0.2, -0.15) is 0 Å². The summed E-state index contributed by atoms with van der Waals surface area (Å²) in [7, 11) is 0. The summed E-state index contributed by atoms with van der Waals surface area (Å²) in [4.78, 5) is 37.6. The minimum Gasteiger partial charge on any atom is -0.354 e. The Balaban J connectivity index is 1.56. The second-order valence-electron chi connectivity index (χ2n) is 5.44. The lowest BCUT2D eigenvalue weighted by molar-refractivity contribution is -0.120. The molecule has 0 unspecified atom stereocenters. The van der Waals surface area contributed by atoms with Crippen LogP contribution in [0.25, 0.3) is 0 Å². The van der Waals surface area contributed by atoms with Crippen LogP contribution in [0, 0.1) is 0 Å². The second-order valence-corrected chi connectivity index (χ2v) is 5.84. The van der Waals surface area contributed by atoms with Gasteiger partial charge in [-0.15, -0.1) is 0 Å². The molecule has 2 aromatic rings. The lowest BCUT2D eigenvalue weighted by atomic mass is 10.1. The van der Waals surface area contributed by atoms with Crippen molar-refractivity contribution in [1.29, 1.82) is 0 Å². The average molecular weight is 343 g/mol. The first-order chi connectivity index (χ1) is 11.6. The molecule has 1 aliphatic rings. The molecule has 1 aliphatic heterocycles. The van der Waals surface area contributed by atoms with Crippen LogP contribution in [0.4, 0.5) is 0 Å². The van der Waals surface area contributed by atoms with E-state index >= 15 is 0 Å². The molecule has 0 saturated heterocycles. The molecule has 24 heavy (non-hydrogen) atoms. The molecule has 1 heterocycles. The van der Waals surface area contributed by atoms with Crippen LogP contribution in [0.5, 0.6) is 0 Å². The summed E-state index contributed by atoms with van der Waals surface area (Å²) in [6, 6.07) is 14.1. The van der Waals surface area contributed by atoms with Crippen LogP contribution in [0.15, 0.2) is 48.5 Å². The number of halogens is 1. The summed E-state index contributed by atoms with van der Waals surface area (Å²) in [5.41, 5.74) is 1.45. The topological polar surface area (TPSA) is 66.5 Å². The zero-order valence-corrected chi connectivity index (χ0v) is 13.5. The highest BCUT2D eigenvalue weighted by Crippen LogP contribution is 2.28. The quantitative estimate of drug-likeness (QED) is 0.848. The Morgan fingerprint density at radius 3 is 2.46 bits per heavy atom. The Labute approximate surface area is 144 Å². The van der Waals surface area contributed by atoms with E-state index in [1.54, 1.807) is 18.2 Å². The molecular formula is C18H15ClN2O3. The van der Waals surface area contributed by atoms with Crippen LogP contribution in [-0.4, -0.2) is 35.7 Å². The third-order valence-corrected chi connectivity index (χ3v) is 4.13. The van der Waals surface area contributed by atoms with Gasteiger partial charge in [0, 0.05) is 13.1 Å². The van der Waals surface area contributed by atoms with E-state index in [1.807, 2.05) is 30.3 Å². The van der Waals surface area contributed by atoms with E-state index in [-0.39, 0.29) is 41.9 Å². The van der Waals surface area contributed by atoms with E-state index in [1.165, 1.54) is 0 Å². The molecule has 0 fully saturated rings. The number of benzene rings is 2. The highest BCUT2D eigenvalue weighted by molar-refractivity contribution is 6.37. The predicted molar refractivity (Wildman–Crippen MR) is 90.0 cm³/mol. The minimum atomic E-state index is -0.419. The zero-order chi connectivity index (χ0) is 17.1. The Morgan fingerprint density at radius 1 is 1.00 bits per heavy atom. The van der Waals surface area contributed by atoms with Crippen molar-refractivity contribution in [3.8, 4) is 0 Å². The van der Waals surface area contributed by atoms with E-state index < -0.39 is 5.91 Å². The number of hydrogen-bond acceptors (Lipinski definition) is 3. The van der Waals surface area contributed by atoms with Gasteiger partial charge >= 0.3 is 0 Å². The van der Waals surface area contributed by atoms with Gasteiger partial charge < -0.3 is 5.32 Å². The lowest BCUT2D eigenvalue weighted by Gasteiger charge is -2.14. The summed E-state index contributed by atoms with van der Waals surface area (Å²) in [6.07, 6.45) is 0.259. The van der Waals surface area contributed by atoms with E-state index in [0.717, 1.165) is 10.5 Å². The van der Waals surface area contributed by atoms with Gasteiger partial charge in [-0.1, -0.05) is 48.0 Å². The van der Waals surface area contributed by atoms with Crippen LogP contribution in [0.3, 0.4) is 0 Å². The standard InChI is InChI=1S/C18H15ClN2O3/c19-14-8-4-7-13-16(14)18(24)21(17(13)23)10-9-20-15(22)11-12-5-2-1-3-6-12/h1-8H,9-11H2,(H,20,22). The SMILES string of the molecule is O=C(Cc1ccccc1)NCCN1C(=O)c2cccc(Cl)c2C1=O. The number of rotatable bonds is 5. The van der Waals surface area contributed by atoms with Crippen molar-refractivity contribution in [2.75, 3.05) is 13.1 Å². The molecule has 5 nitrogen and oxygen atoms in total. The predicted octanol–water partition coefficient (Wildman–Crippen LogP) is 2.29. The van der Waals surface area contributed by atoms with E-state index in [0.29, 0.717) is 5.56 Å². The van der Waals surface area contributed by atoms with Crippen molar-refractivity contribution in [2.24, 2.45) is 0 Å². The molecule has 3 rings (SSSR count). The molecule has 0 aliphatic carbocycles. The number of carbonyl (C=O) groups is 3. The monoisotopic (exact) mass is 342 g/mol. The maximum Gasteiger partial charge on any atom is 0.263 e. The highest BCUT2D eigenvalue weighted by atomic mass is 35.5. The van der Waals surface area contributed by atoms with Crippen LogP contribution in [-0.2, 0) is 11.2 Å². The van der Waals surface area contributed by atoms with Gasteiger partial charge in [0.1, 0.15) is 0 Å². The number of amides is 3. The van der Waals surface area contributed by atoms with Gasteiger partial charge in [0.15, 0.2) is 0 Å². The van der Waals surface area contributed by atoms with Gasteiger partial charge in [-0.05, 0) is 17.7 Å². The van der Waals surface area contributed by atoms with Gasteiger partial charge in [0.05, 0.1) is 22.6 Å². The number of fused-ring (bicyclic) bond motifs is 1. The Kier molecular flexibility index (Phi) is 4.62. The van der Waals surface area contributed by atoms with Gasteiger partial charge in [0.25, 0.3) is 11.8 Å². The molecular weight excluding hydrogens is 328 g/mol. The molecule has 1 N–H and O–H groups in total. The van der Waals surface area contributed by atoms with E-state index in [9.17, 15) is 14.4 Å². The average Bonchev–Trinajstić information content (AvgIpc) is 2.81. The number of nitrogens with zero attached hydrogens (tertiary/aromatic N) is 1. The number of imide groups is 1. The molecule has 122 valence electrons. The lowest BCUT2D eigenvalue weighted by Crippen LogP contribution is -2.38. The fourth-order valence-corrected chi connectivity index (χ4v) is 2.90. The van der Waals surface area contributed by atoms with Gasteiger partial charge in [0.2, 0.25) is 5.91 Å². The maximum atomic E-state index is 12.3. The number of carbonyl (C=O) groups excluding carboxylic acids is 3. The summed E-state index contributed by atoms with van der Waals surface area (Å²) in [6.45, 7) is 0.317. The molecule has 0 atom stereocenters. The zero-order valence-electron chi connectivity index (χ0n) is 12.8. The minimum absolute atomic E-state index is 0.114. The molecule has 0 aromatic heterocycles. The van der Waals surface area contributed by atoms with Gasteiger partial charge in [-0.3, -0.25) is 19.3 Å². The fourth-order valence-electron chi connectivity index (χ4n) is 2.65. The second kappa shape index (κ2) is 6.84. The third-order valence-electron chi connectivity index (χ3n) is 3.81. The first kappa shape index (κ1) is 16.2. The van der Waals surface area contributed by atoms with Crippen LogP contribution in [0.1, 0.15) is 26.3 Å². The molecule has 2 aromatic carbocycles. The molecule has 6 heteroatoms. The number of hydrogen-bond donors (Lipinski definition) is 1. The van der Waals surface area contributed by atoms with Gasteiger partial charge in [-0.25, -0.2) is 0 Å². The molecule has 0 radical (unpaired) electrons. The molecule has 0 spiro atoms. The van der Waals surface area contributed by atoms with E-state index in [4.69, 9.17) is 11.6 Å².